The number of anilines is 1. The second-order valence-corrected chi connectivity index (χ2v) is 17.4. The first-order valence-corrected chi connectivity index (χ1v) is 17.3. The van der Waals surface area contributed by atoms with Crippen LogP contribution in [0.25, 0.3) is 16.9 Å². The summed E-state index contributed by atoms with van der Waals surface area (Å²) in [6.45, 7) is 12.7. The zero-order valence-electron chi connectivity index (χ0n) is 22.7. The van der Waals surface area contributed by atoms with Crippen LogP contribution in [-0.4, -0.2) is 65.0 Å². The van der Waals surface area contributed by atoms with Gasteiger partial charge in [0, 0.05) is 38.6 Å². The summed E-state index contributed by atoms with van der Waals surface area (Å²) in [5.41, 5.74) is 2.20. The molecule has 2 fully saturated rings. The number of hydrogen-bond donors (Lipinski definition) is 0. The van der Waals surface area contributed by atoms with Crippen molar-refractivity contribution < 1.29 is 9.47 Å². The van der Waals surface area contributed by atoms with Crippen LogP contribution in [-0.2, 0) is 16.2 Å². The average molecular weight is 521 g/mol. The highest BCUT2D eigenvalue weighted by Crippen LogP contribution is 2.40. The van der Waals surface area contributed by atoms with Crippen LogP contribution in [0.15, 0.2) is 24.5 Å². The van der Waals surface area contributed by atoms with Crippen molar-refractivity contribution in [3.05, 3.63) is 30.1 Å². The Hall–Kier alpha value is -2.67. The number of hydrogen-bond acceptors (Lipinski definition) is 6. The summed E-state index contributed by atoms with van der Waals surface area (Å²) < 4.78 is 15.5. The molecule has 3 aromatic rings. The molecule has 0 spiro atoms. The Labute approximate surface area is 221 Å². The number of fused-ring (bicyclic) bond motifs is 1. The predicted molar refractivity (Wildman–Crippen MR) is 150 cm³/mol. The highest BCUT2D eigenvalue weighted by Gasteiger charge is 2.28. The fourth-order valence-corrected chi connectivity index (χ4v) is 6.19. The van der Waals surface area contributed by atoms with Gasteiger partial charge in [-0.1, -0.05) is 19.6 Å². The zero-order valence-corrected chi connectivity index (χ0v) is 23.7. The van der Waals surface area contributed by atoms with Crippen molar-refractivity contribution in [2.24, 2.45) is 5.92 Å². The molecular formula is C28H40N6O2Si. The molecule has 0 unspecified atom stereocenters. The maximum atomic E-state index is 6.01. The van der Waals surface area contributed by atoms with Crippen LogP contribution in [0.4, 0.5) is 5.82 Å². The van der Waals surface area contributed by atoms with Gasteiger partial charge in [0.2, 0.25) is 0 Å². The number of aromatic nitrogens is 5. The van der Waals surface area contributed by atoms with E-state index >= 15 is 0 Å². The number of ether oxygens (including phenoxy) is 2. The van der Waals surface area contributed by atoms with E-state index in [0.29, 0.717) is 31.8 Å². The minimum absolute atomic E-state index is 0.269. The molecule has 0 radical (unpaired) electrons. The summed E-state index contributed by atoms with van der Waals surface area (Å²) in [5.74, 6) is 5.68. The standard InChI is InChI=1S/C28H40N6O2Si/c1-6-22-7-9-23(10-8-22)24-17-26(32-13-14-35-19-21(32)2)31-28-25(24)18-30-34(28)27-11-12-29-33(27)20-36-15-16-37(3,4)5/h1,11-12,17-18,21-23H,7-10,13-16,19-20H2,2-5H3/t21-,22?,23?/m1/s1. The van der Waals surface area contributed by atoms with Gasteiger partial charge in [0.1, 0.15) is 12.5 Å². The fourth-order valence-electron chi connectivity index (χ4n) is 5.44. The minimum Gasteiger partial charge on any atom is -0.377 e. The van der Waals surface area contributed by atoms with Crippen LogP contribution in [0, 0.1) is 18.3 Å². The molecule has 3 aromatic heterocycles. The van der Waals surface area contributed by atoms with Gasteiger partial charge in [-0.3, -0.25) is 0 Å². The maximum Gasteiger partial charge on any atom is 0.167 e. The number of morpholine rings is 1. The van der Waals surface area contributed by atoms with Gasteiger partial charge in [-0.05, 0) is 56.2 Å². The van der Waals surface area contributed by atoms with E-state index in [9.17, 15) is 0 Å². The first kappa shape index (κ1) is 26.0. The van der Waals surface area contributed by atoms with E-state index < -0.39 is 8.07 Å². The number of terminal acetylenes is 1. The van der Waals surface area contributed by atoms with E-state index in [1.54, 1.807) is 6.20 Å². The summed E-state index contributed by atoms with van der Waals surface area (Å²) in [4.78, 5) is 7.55. The Morgan fingerprint density at radius 2 is 2.00 bits per heavy atom. The van der Waals surface area contributed by atoms with Crippen LogP contribution in [0.5, 0.6) is 0 Å². The van der Waals surface area contributed by atoms with Crippen LogP contribution >= 0.6 is 0 Å². The molecule has 9 heteroatoms. The second kappa shape index (κ2) is 11.0. The van der Waals surface area contributed by atoms with Gasteiger partial charge in [0.25, 0.3) is 0 Å². The van der Waals surface area contributed by atoms with E-state index in [4.69, 9.17) is 26.0 Å². The van der Waals surface area contributed by atoms with Crippen LogP contribution in [0.2, 0.25) is 25.7 Å². The largest absolute Gasteiger partial charge is 0.377 e. The zero-order chi connectivity index (χ0) is 26.0. The van der Waals surface area contributed by atoms with E-state index in [-0.39, 0.29) is 6.04 Å². The molecule has 1 aliphatic carbocycles. The van der Waals surface area contributed by atoms with Crippen molar-refractivity contribution in [3.8, 4) is 18.2 Å². The molecule has 0 amide bonds. The van der Waals surface area contributed by atoms with E-state index in [0.717, 1.165) is 67.5 Å². The highest BCUT2D eigenvalue weighted by molar-refractivity contribution is 6.76. The smallest absolute Gasteiger partial charge is 0.167 e. The summed E-state index contributed by atoms with van der Waals surface area (Å²) in [6.07, 6.45) is 13.9. The second-order valence-electron chi connectivity index (χ2n) is 11.7. The lowest BCUT2D eigenvalue weighted by molar-refractivity contribution is 0.0782. The third kappa shape index (κ3) is 5.76. The number of nitrogens with zero attached hydrogens (tertiary/aromatic N) is 6. The molecule has 0 N–H and O–H groups in total. The van der Waals surface area contributed by atoms with Gasteiger partial charge in [0.05, 0.1) is 31.6 Å². The van der Waals surface area contributed by atoms with Gasteiger partial charge in [-0.25, -0.2) is 9.67 Å². The Morgan fingerprint density at radius 1 is 1.19 bits per heavy atom. The molecule has 5 rings (SSSR count). The molecule has 1 aliphatic heterocycles. The van der Waals surface area contributed by atoms with Gasteiger partial charge < -0.3 is 14.4 Å². The monoisotopic (exact) mass is 520 g/mol. The first-order chi connectivity index (χ1) is 17.8. The van der Waals surface area contributed by atoms with Gasteiger partial charge in [-0.2, -0.15) is 14.9 Å². The third-order valence-corrected chi connectivity index (χ3v) is 9.45. The van der Waals surface area contributed by atoms with Crippen LogP contribution in [0.1, 0.15) is 44.1 Å². The van der Waals surface area contributed by atoms with Crippen molar-refractivity contribution in [2.75, 3.05) is 31.3 Å². The van der Waals surface area contributed by atoms with Gasteiger partial charge in [-0.15, -0.1) is 12.3 Å². The van der Waals surface area contributed by atoms with Gasteiger partial charge in [0.15, 0.2) is 11.5 Å². The van der Waals surface area contributed by atoms with Crippen molar-refractivity contribution in [1.82, 2.24) is 24.5 Å². The summed E-state index contributed by atoms with van der Waals surface area (Å²) in [5, 5.41) is 10.5. The molecule has 198 valence electrons. The van der Waals surface area contributed by atoms with Crippen LogP contribution in [0.3, 0.4) is 0 Å². The van der Waals surface area contributed by atoms with Crippen molar-refractivity contribution in [1.29, 1.82) is 0 Å². The molecule has 1 saturated heterocycles. The molecule has 1 saturated carbocycles. The molecule has 37 heavy (non-hydrogen) atoms. The SMILES string of the molecule is C#CC1CCC(c2cc(N3CCOC[C@H]3C)nc3c2cnn3-c2ccnn2COCC[Si](C)(C)C)CC1. The quantitative estimate of drug-likeness (QED) is 0.235. The van der Waals surface area contributed by atoms with Crippen LogP contribution < -0.4 is 4.90 Å². The van der Waals surface area contributed by atoms with E-state index in [1.807, 2.05) is 21.6 Å². The number of pyridine rings is 1. The normalized spacial score (nSPS) is 22.9. The Bertz CT molecular complexity index is 1250. The predicted octanol–water partition coefficient (Wildman–Crippen LogP) is 5.06. The molecule has 4 heterocycles. The van der Waals surface area contributed by atoms with E-state index in [2.05, 4.69) is 48.6 Å². The van der Waals surface area contributed by atoms with E-state index in [1.165, 1.54) is 5.56 Å². The van der Waals surface area contributed by atoms with Crippen molar-refractivity contribution >= 4 is 24.9 Å². The summed E-state index contributed by atoms with van der Waals surface area (Å²) in [7, 11) is -1.15. The lowest BCUT2D eigenvalue weighted by Gasteiger charge is -2.35. The lowest BCUT2D eigenvalue weighted by atomic mass is 9.78. The fraction of sp³-hybridized carbons (Fsp3) is 0.607. The molecule has 2 aliphatic rings. The maximum absolute atomic E-state index is 6.01. The molecule has 0 aromatic carbocycles. The first-order valence-electron chi connectivity index (χ1n) is 13.6. The summed E-state index contributed by atoms with van der Waals surface area (Å²) >= 11 is 0. The average Bonchev–Trinajstić information content (AvgIpc) is 3.52. The van der Waals surface area contributed by atoms with Gasteiger partial charge >= 0.3 is 0 Å². The van der Waals surface area contributed by atoms with Crippen molar-refractivity contribution in [3.63, 3.8) is 0 Å². The Balaban J connectivity index is 1.50. The summed E-state index contributed by atoms with van der Waals surface area (Å²) in [6, 6.07) is 5.68. The molecule has 0 bridgehead atoms. The molecule has 8 nitrogen and oxygen atoms in total. The number of rotatable bonds is 8. The van der Waals surface area contributed by atoms with Crippen molar-refractivity contribution in [2.45, 2.75) is 77.0 Å². The minimum atomic E-state index is -1.15. The topological polar surface area (TPSA) is 70.2 Å². The Kier molecular flexibility index (Phi) is 7.70. The Morgan fingerprint density at radius 3 is 2.73 bits per heavy atom. The highest BCUT2D eigenvalue weighted by atomic mass is 28.3. The lowest BCUT2D eigenvalue weighted by Crippen LogP contribution is -2.44. The third-order valence-electron chi connectivity index (χ3n) is 7.75. The molecular weight excluding hydrogens is 480 g/mol. The molecule has 1 atom stereocenters.